The molecule has 1 aliphatic rings. The molecule has 0 unspecified atom stereocenters. The lowest BCUT2D eigenvalue weighted by molar-refractivity contribution is 1.06. The Morgan fingerprint density at radius 3 is 1.28 bits per heavy atom. The van der Waals surface area contributed by atoms with E-state index in [0.29, 0.717) is 0 Å². The van der Waals surface area contributed by atoms with Crippen LogP contribution in [0, 0.1) is 0 Å². The van der Waals surface area contributed by atoms with Gasteiger partial charge in [-0.25, -0.2) is 0 Å². The predicted octanol–water partition coefficient (Wildman–Crippen LogP) is 3.66. The molecule has 3 heterocycles. The molecule has 2 aromatic rings. The second kappa shape index (κ2) is 5.76. The fraction of sp³-hybridized carbons (Fsp3) is 0.286. The molecular weight excluding hydrogens is 260 g/mol. The van der Waals surface area contributed by atoms with Crippen LogP contribution in [-0.2, 0) is 23.0 Å². The quantitative estimate of drug-likeness (QED) is 0.732. The summed E-state index contributed by atoms with van der Waals surface area (Å²) in [6, 6.07) is 12.7. The van der Waals surface area contributed by atoms with Crippen molar-refractivity contribution in [3.63, 3.8) is 0 Å². The van der Waals surface area contributed by atoms with E-state index < -0.39 is 0 Å². The molecule has 18 heavy (non-hydrogen) atoms. The van der Waals surface area contributed by atoms with E-state index in [9.17, 15) is 0 Å². The molecule has 0 saturated carbocycles. The highest BCUT2D eigenvalue weighted by Crippen LogP contribution is 2.21. The Kier molecular flexibility index (Phi) is 3.86. The largest absolute Gasteiger partial charge is 0.256 e. The molecular formula is C14H14N2S2. The Morgan fingerprint density at radius 1 is 0.611 bits per heavy atom. The number of pyridine rings is 2. The number of thioether (sulfide) groups is 2. The standard InChI is InChI=1S/C14H14N2S2/c1-3-11-7-17-9-13-5-2-6-14(16-13)10-18-8-12(4-1)15-11/h1-6H,7-10H2. The number of fused-ring (bicyclic) bond motifs is 4. The number of hydrogen-bond donors (Lipinski definition) is 0. The molecule has 0 spiro atoms. The second-order valence-corrected chi connectivity index (χ2v) is 6.20. The van der Waals surface area contributed by atoms with Crippen LogP contribution in [0.2, 0.25) is 0 Å². The van der Waals surface area contributed by atoms with E-state index in [1.807, 2.05) is 23.5 Å². The maximum Gasteiger partial charge on any atom is 0.0506 e. The van der Waals surface area contributed by atoms with Crippen molar-refractivity contribution in [3.05, 3.63) is 59.2 Å². The average molecular weight is 274 g/mol. The van der Waals surface area contributed by atoms with Gasteiger partial charge in [-0.1, -0.05) is 12.1 Å². The zero-order chi connectivity index (χ0) is 12.2. The smallest absolute Gasteiger partial charge is 0.0506 e. The fourth-order valence-electron chi connectivity index (χ4n) is 1.90. The topological polar surface area (TPSA) is 25.8 Å². The summed E-state index contributed by atoms with van der Waals surface area (Å²) in [6.45, 7) is 0. The summed E-state index contributed by atoms with van der Waals surface area (Å²) in [4.78, 5) is 9.36. The molecule has 0 atom stereocenters. The third kappa shape index (κ3) is 3.06. The molecule has 4 bridgehead atoms. The van der Waals surface area contributed by atoms with Gasteiger partial charge in [-0.3, -0.25) is 9.97 Å². The van der Waals surface area contributed by atoms with Gasteiger partial charge in [0, 0.05) is 23.0 Å². The van der Waals surface area contributed by atoms with E-state index in [1.165, 1.54) is 22.8 Å². The van der Waals surface area contributed by atoms with Crippen molar-refractivity contribution >= 4 is 23.5 Å². The van der Waals surface area contributed by atoms with Crippen molar-refractivity contribution in [2.45, 2.75) is 23.0 Å². The van der Waals surface area contributed by atoms with Crippen LogP contribution < -0.4 is 0 Å². The normalized spacial score (nSPS) is 15.6. The van der Waals surface area contributed by atoms with E-state index in [4.69, 9.17) is 0 Å². The summed E-state index contributed by atoms with van der Waals surface area (Å²) in [5.74, 6) is 3.85. The summed E-state index contributed by atoms with van der Waals surface area (Å²) >= 11 is 3.76. The van der Waals surface area contributed by atoms with Crippen molar-refractivity contribution < 1.29 is 0 Å². The zero-order valence-corrected chi connectivity index (χ0v) is 11.6. The predicted molar refractivity (Wildman–Crippen MR) is 78.5 cm³/mol. The van der Waals surface area contributed by atoms with E-state index in [1.54, 1.807) is 0 Å². The lowest BCUT2D eigenvalue weighted by atomic mass is 10.3. The molecule has 0 aromatic carbocycles. The van der Waals surface area contributed by atoms with Crippen LogP contribution >= 0.6 is 23.5 Å². The van der Waals surface area contributed by atoms with Gasteiger partial charge in [0.05, 0.1) is 22.8 Å². The highest BCUT2D eigenvalue weighted by atomic mass is 32.2. The minimum absolute atomic E-state index is 0.963. The average Bonchev–Trinajstić information content (AvgIpc) is 2.39. The molecule has 0 fully saturated rings. The van der Waals surface area contributed by atoms with Crippen molar-refractivity contribution in [1.82, 2.24) is 9.97 Å². The lowest BCUT2D eigenvalue weighted by Crippen LogP contribution is -1.97. The number of rotatable bonds is 0. The minimum atomic E-state index is 0.963. The van der Waals surface area contributed by atoms with Crippen LogP contribution in [0.4, 0.5) is 0 Å². The maximum absolute atomic E-state index is 4.68. The van der Waals surface area contributed by atoms with Gasteiger partial charge in [0.15, 0.2) is 0 Å². The van der Waals surface area contributed by atoms with Crippen molar-refractivity contribution in [2.24, 2.45) is 0 Å². The van der Waals surface area contributed by atoms with Gasteiger partial charge in [0.25, 0.3) is 0 Å². The fourth-order valence-corrected chi connectivity index (χ4v) is 3.58. The Hall–Kier alpha value is -1.000. The van der Waals surface area contributed by atoms with Crippen molar-refractivity contribution in [1.29, 1.82) is 0 Å². The van der Waals surface area contributed by atoms with Crippen LogP contribution in [-0.4, -0.2) is 9.97 Å². The van der Waals surface area contributed by atoms with Gasteiger partial charge in [-0.05, 0) is 24.3 Å². The van der Waals surface area contributed by atoms with Gasteiger partial charge in [0.1, 0.15) is 0 Å². The van der Waals surface area contributed by atoms with E-state index in [-0.39, 0.29) is 0 Å². The lowest BCUT2D eigenvalue weighted by Gasteiger charge is -2.08. The molecule has 0 saturated heterocycles. The number of nitrogens with zero attached hydrogens (tertiary/aromatic N) is 2. The van der Waals surface area contributed by atoms with Crippen LogP contribution in [0.25, 0.3) is 0 Å². The Morgan fingerprint density at radius 2 is 0.944 bits per heavy atom. The molecule has 4 heteroatoms. The maximum atomic E-state index is 4.68. The summed E-state index contributed by atoms with van der Waals surface area (Å²) < 4.78 is 0. The van der Waals surface area contributed by atoms with Crippen molar-refractivity contribution in [3.8, 4) is 0 Å². The Balaban J connectivity index is 1.84. The third-order valence-corrected chi connectivity index (χ3v) is 4.73. The first-order valence-electron chi connectivity index (χ1n) is 5.95. The van der Waals surface area contributed by atoms with Gasteiger partial charge in [-0.15, -0.1) is 23.5 Å². The van der Waals surface area contributed by atoms with Gasteiger partial charge in [-0.2, -0.15) is 0 Å². The number of hydrogen-bond acceptors (Lipinski definition) is 4. The van der Waals surface area contributed by atoms with E-state index >= 15 is 0 Å². The van der Waals surface area contributed by atoms with E-state index in [2.05, 4.69) is 46.4 Å². The summed E-state index contributed by atoms with van der Waals surface area (Å²) in [5, 5.41) is 0. The molecule has 0 N–H and O–H groups in total. The molecule has 2 nitrogen and oxygen atoms in total. The monoisotopic (exact) mass is 274 g/mol. The summed E-state index contributed by atoms with van der Waals surface area (Å²) in [7, 11) is 0. The number of aromatic nitrogens is 2. The first-order chi connectivity index (χ1) is 8.90. The molecule has 0 radical (unpaired) electrons. The summed E-state index contributed by atoms with van der Waals surface area (Å²) in [6.07, 6.45) is 0. The molecule has 0 amide bonds. The second-order valence-electron chi connectivity index (χ2n) is 4.23. The van der Waals surface area contributed by atoms with Crippen LogP contribution in [0.1, 0.15) is 22.8 Å². The SMILES string of the molecule is c1cc2nc(c1)CSCc1cccc(n1)CSC2. The Labute approximate surface area is 116 Å². The molecule has 92 valence electrons. The molecule has 3 rings (SSSR count). The molecule has 1 aliphatic heterocycles. The first-order valence-corrected chi connectivity index (χ1v) is 8.26. The van der Waals surface area contributed by atoms with Gasteiger partial charge in [0.2, 0.25) is 0 Å². The zero-order valence-electron chi connectivity index (χ0n) is 10.0. The molecule has 0 aliphatic carbocycles. The summed E-state index contributed by atoms with van der Waals surface area (Å²) in [5.41, 5.74) is 4.70. The van der Waals surface area contributed by atoms with Crippen LogP contribution in [0.5, 0.6) is 0 Å². The highest BCUT2D eigenvalue weighted by molar-refractivity contribution is 7.98. The van der Waals surface area contributed by atoms with Gasteiger partial charge >= 0.3 is 0 Å². The highest BCUT2D eigenvalue weighted by Gasteiger charge is 2.04. The molecule has 2 aromatic heterocycles. The van der Waals surface area contributed by atoms with Gasteiger partial charge < -0.3 is 0 Å². The first kappa shape index (κ1) is 12.1. The van der Waals surface area contributed by atoms with Crippen molar-refractivity contribution in [2.75, 3.05) is 0 Å². The van der Waals surface area contributed by atoms with Crippen LogP contribution in [0.3, 0.4) is 0 Å². The van der Waals surface area contributed by atoms with E-state index in [0.717, 1.165) is 23.0 Å². The Bertz CT molecular complexity index is 455. The third-order valence-electron chi connectivity index (χ3n) is 2.73. The van der Waals surface area contributed by atoms with Crippen LogP contribution in [0.15, 0.2) is 36.4 Å². The minimum Gasteiger partial charge on any atom is -0.256 e.